The molecule has 1 aromatic heterocycles. The van der Waals surface area contributed by atoms with Gasteiger partial charge < -0.3 is 14.2 Å². The highest BCUT2D eigenvalue weighted by atomic mass is 35.5. The number of halogens is 1. The van der Waals surface area contributed by atoms with Gasteiger partial charge >= 0.3 is 0 Å². The van der Waals surface area contributed by atoms with Crippen molar-refractivity contribution in [3.63, 3.8) is 0 Å². The Kier molecular flexibility index (Phi) is 7.40. The Hall–Kier alpha value is -3.49. The van der Waals surface area contributed by atoms with Gasteiger partial charge in [0.25, 0.3) is 0 Å². The first kappa shape index (κ1) is 23.7. The summed E-state index contributed by atoms with van der Waals surface area (Å²) in [6.45, 7) is 0. The molecule has 0 radical (unpaired) electrons. The first-order valence-corrected chi connectivity index (χ1v) is 11.6. The first-order valence-electron chi connectivity index (χ1n) is 10.3. The number of nitrogens with zero attached hydrogens (tertiary/aromatic N) is 3. The van der Waals surface area contributed by atoms with Crippen molar-refractivity contribution in [3.05, 3.63) is 77.3 Å². The van der Waals surface area contributed by atoms with E-state index in [-0.39, 0.29) is 11.5 Å². The molecular formula is C25H22ClN3O4S. The summed E-state index contributed by atoms with van der Waals surface area (Å²) in [5.41, 5.74) is 2.17. The smallest absolute Gasteiger partial charge is 0.203 e. The SMILES string of the molecule is COc1cc(-c2nnc(SCC(=O)c3ccc(Cl)cc3)n2-c2ccccc2)cc(OC)c1OC. The number of rotatable bonds is 9. The van der Waals surface area contributed by atoms with Crippen LogP contribution in [0.2, 0.25) is 5.02 Å². The monoisotopic (exact) mass is 495 g/mol. The van der Waals surface area contributed by atoms with Gasteiger partial charge in [0.1, 0.15) is 0 Å². The minimum Gasteiger partial charge on any atom is -0.493 e. The van der Waals surface area contributed by atoms with Gasteiger partial charge in [0.2, 0.25) is 5.75 Å². The second kappa shape index (κ2) is 10.6. The average Bonchev–Trinajstić information content (AvgIpc) is 3.31. The van der Waals surface area contributed by atoms with E-state index >= 15 is 0 Å². The number of ether oxygens (including phenoxy) is 3. The summed E-state index contributed by atoms with van der Waals surface area (Å²) >= 11 is 7.25. The maximum atomic E-state index is 12.7. The van der Waals surface area contributed by atoms with Crippen LogP contribution in [0.4, 0.5) is 0 Å². The summed E-state index contributed by atoms with van der Waals surface area (Å²) in [6.07, 6.45) is 0. The van der Waals surface area contributed by atoms with Crippen LogP contribution in [0.3, 0.4) is 0 Å². The molecular weight excluding hydrogens is 474 g/mol. The van der Waals surface area contributed by atoms with Crippen molar-refractivity contribution in [2.45, 2.75) is 5.16 Å². The van der Waals surface area contributed by atoms with Crippen LogP contribution in [-0.2, 0) is 0 Å². The van der Waals surface area contributed by atoms with Gasteiger partial charge in [-0.2, -0.15) is 0 Å². The summed E-state index contributed by atoms with van der Waals surface area (Å²) in [5, 5.41) is 10.0. The van der Waals surface area contributed by atoms with E-state index in [1.165, 1.54) is 11.8 Å². The zero-order chi connectivity index (χ0) is 24.1. The summed E-state index contributed by atoms with van der Waals surface area (Å²) in [6, 6.07) is 20.2. The van der Waals surface area contributed by atoms with Crippen molar-refractivity contribution in [2.24, 2.45) is 0 Å². The lowest BCUT2D eigenvalue weighted by Gasteiger charge is -2.15. The average molecular weight is 496 g/mol. The van der Waals surface area contributed by atoms with Crippen LogP contribution < -0.4 is 14.2 Å². The molecule has 0 amide bonds. The molecule has 0 N–H and O–H groups in total. The van der Waals surface area contributed by atoms with E-state index in [9.17, 15) is 4.79 Å². The van der Waals surface area contributed by atoms with Crippen molar-refractivity contribution in [1.82, 2.24) is 14.8 Å². The predicted molar refractivity (Wildman–Crippen MR) is 133 cm³/mol. The van der Waals surface area contributed by atoms with Crippen LogP contribution in [-0.4, -0.2) is 47.6 Å². The molecule has 3 aromatic carbocycles. The number of hydrogen-bond acceptors (Lipinski definition) is 7. The molecule has 174 valence electrons. The Morgan fingerprint density at radius 3 is 2.15 bits per heavy atom. The Morgan fingerprint density at radius 2 is 1.56 bits per heavy atom. The van der Waals surface area contributed by atoms with E-state index in [0.29, 0.717) is 38.8 Å². The number of para-hydroxylation sites is 1. The number of aromatic nitrogens is 3. The van der Waals surface area contributed by atoms with Crippen LogP contribution in [0, 0.1) is 0 Å². The minimum atomic E-state index is -0.0291. The van der Waals surface area contributed by atoms with Crippen molar-refractivity contribution in [3.8, 4) is 34.3 Å². The van der Waals surface area contributed by atoms with E-state index in [4.69, 9.17) is 25.8 Å². The van der Waals surface area contributed by atoms with Gasteiger partial charge in [0, 0.05) is 21.8 Å². The molecule has 0 fully saturated rings. The lowest BCUT2D eigenvalue weighted by atomic mass is 10.1. The van der Waals surface area contributed by atoms with Gasteiger partial charge in [-0.25, -0.2) is 0 Å². The van der Waals surface area contributed by atoms with Gasteiger partial charge in [0.15, 0.2) is 28.3 Å². The Morgan fingerprint density at radius 1 is 0.912 bits per heavy atom. The topological polar surface area (TPSA) is 75.5 Å². The molecule has 0 aliphatic heterocycles. The molecule has 0 spiro atoms. The Balaban J connectivity index is 1.74. The van der Waals surface area contributed by atoms with E-state index in [1.54, 1.807) is 45.6 Å². The van der Waals surface area contributed by atoms with Gasteiger partial charge in [-0.05, 0) is 48.5 Å². The van der Waals surface area contributed by atoms with Gasteiger partial charge in [-0.1, -0.05) is 41.6 Å². The Bertz CT molecular complexity index is 1270. The van der Waals surface area contributed by atoms with E-state index < -0.39 is 0 Å². The fourth-order valence-electron chi connectivity index (χ4n) is 3.42. The molecule has 9 heteroatoms. The van der Waals surface area contributed by atoms with E-state index in [0.717, 1.165) is 11.3 Å². The van der Waals surface area contributed by atoms with Crippen LogP contribution in [0.1, 0.15) is 10.4 Å². The highest BCUT2D eigenvalue weighted by molar-refractivity contribution is 7.99. The Labute approximate surface area is 206 Å². The van der Waals surface area contributed by atoms with Gasteiger partial charge in [-0.3, -0.25) is 9.36 Å². The lowest BCUT2D eigenvalue weighted by molar-refractivity contribution is 0.102. The molecule has 0 saturated heterocycles. The van der Waals surface area contributed by atoms with Crippen LogP contribution in [0.15, 0.2) is 71.9 Å². The van der Waals surface area contributed by atoms with Crippen molar-refractivity contribution in [2.75, 3.05) is 27.1 Å². The number of hydrogen-bond donors (Lipinski definition) is 0. The third kappa shape index (κ3) is 4.88. The number of Topliss-reactive ketones (excluding diaryl/α,β-unsaturated/α-hetero) is 1. The molecule has 4 rings (SSSR count). The predicted octanol–water partition coefficient (Wildman–Crippen LogP) is 5.59. The molecule has 7 nitrogen and oxygen atoms in total. The van der Waals surface area contributed by atoms with Crippen molar-refractivity contribution < 1.29 is 19.0 Å². The van der Waals surface area contributed by atoms with Crippen molar-refractivity contribution in [1.29, 1.82) is 0 Å². The number of ketones is 1. The maximum absolute atomic E-state index is 12.7. The summed E-state index contributed by atoms with van der Waals surface area (Å²) in [5.74, 6) is 2.24. The van der Waals surface area contributed by atoms with Gasteiger partial charge in [0.05, 0.1) is 27.1 Å². The third-order valence-electron chi connectivity index (χ3n) is 5.07. The zero-order valence-corrected chi connectivity index (χ0v) is 20.4. The first-order chi connectivity index (χ1) is 16.5. The normalized spacial score (nSPS) is 10.7. The maximum Gasteiger partial charge on any atom is 0.203 e. The number of methoxy groups -OCH3 is 3. The fraction of sp³-hybridized carbons (Fsp3) is 0.160. The fourth-order valence-corrected chi connectivity index (χ4v) is 4.39. The molecule has 0 saturated carbocycles. The molecule has 0 atom stereocenters. The molecule has 0 aliphatic carbocycles. The van der Waals surface area contributed by atoms with Crippen molar-refractivity contribution >= 4 is 29.1 Å². The van der Waals surface area contributed by atoms with E-state index in [1.807, 2.05) is 47.0 Å². The molecule has 4 aromatic rings. The molecule has 0 unspecified atom stereocenters. The molecule has 0 bridgehead atoms. The number of thioether (sulfide) groups is 1. The molecule has 1 heterocycles. The summed E-state index contributed by atoms with van der Waals surface area (Å²) in [4.78, 5) is 12.7. The minimum absolute atomic E-state index is 0.0291. The summed E-state index contributed by atoms with van der Waals surface area (Å²) < 4.78 is 18.4. The van der Waals surface area contributed by atoms with Crippen LogP contribution in [0.5, 0.6) is 17.2 Å². The zero-order valence-electron chi connectivity index (χ0n) is 18.8. The standard InChI is InChI=1S/C25H22ClN3O4S/c1-31-21-13-17(14-22(32-2)23(21)33-3)24-27-28-25(29(24)19-7-5-4-6-8-19)34-15-20(30)16-9-11-18(26)12-10-16/h4-14H,15H2,1-3H3. The highest BCUT2D eigenvalue weighted by Crippen LogP contribution is 2.41. The van der Waals surface area contributed by atoms with Crippen LogP contribution >= 0.6 is 23.4 Å². The number of carbonyl (C=O) groups is 1. The number of carbonyl (C=O) groups excluding carboxylic acids is 1. The quantitative estimate of drug-likeness (QED) is 0.221. The third-order valence-corrected chi connectivity index (χ3v) is 6.25. The molecule has 0 aliphatic rings. The molecule has 34 heavy (non-hydrogen) atoms. The second-order valence-corrected chi connectivity index (χ2v) is 8.49. The largest absolute Gasteiger partial charge is 0.493 e. The summed E-state index contributed by atoms with van der Waals surface area (Å²) in [7, 11) is 4.68. The van der Waals surface area contributed by atoms with E-state index in [2.05, 4.69) is 10.2 Å². The lowest BCUT2D eigenvalue weighted by Crippen LogP contribution is -2.05. The number of benzene rings is 3. The van der Waals surface area contributed by atoms with Gasteiger partial charge in [-0.15, -0.1) is 10.2 Å². The van der Waals surface area contributed by atoms with Crippen LogP contribution in [0.25, 0.3) is 17.1 Å². The highest BCUT2D eigenvalue weighted by Gasteiger charge is 2.21. The second-order valence-electron chi connectivity index (χ2n) is 7.11.